The molecule has 0 aliphatic heterocycles. The van der Waals surface area contributed by atoms with Gasteiger partial charge in [-0.25, -0.2) is 8.78 Å². The molecule has 17 heavy (non-hydrogen) atoms. The number of aryl methyl sites for hydroxylation is 1. The fourth-order valence-corrected chi connectivity index (χ4v) is 1.30. The van der Waals surface area contributed by atoms with Crippen molar-refractivity contribution in [2.45, 2.75) is 33.2 Å². The van der Waals surface area contributed by atoms with Crippen LogP contribution in [0.5, 0.6) is 0 Å². The van der Waals surface area contributed by atoms with Gasteiger partial charge >= 0.3 is 0 Å². The van der Waals surface area contributed by atoms with Crippen LogP contribution in [0.1, 0.15) is 36.7 Å². The summed E-state index contributed by atoms with van der Waals surface area (Å²) in [5, 5.41) is 2.94. The molecule has 0 bridgehead atoms. The number of ketones is 1. The van der Waals surface area contributed by atoms with Gasteiger partial charge in [0.2, 0.25) is 0 Å². The van der Waals surface area contributed by atoms with Crippen molar-refractivity contribution in [2.75, 3.05) is 6.54 Å². The molecule has 1 N–H and O–H groups in total. The lowest BCUT2D eigenvalue weighted by Crippen LogP contribution is -2.39. The summed E-state index contributed by atoms with van der Waals surface area (Å²) in [6.45, 7) is 7.13. The molecule has 1 aromatic carbocycles. The maximum atomic E-state index is 13.5. The highest BCUT2D eigenvalue weighted by Gasteiger charge is 2.18. The van der Waals surface area contributed by atoms with Crippen LogP contribution in [0, 0.1) is 18.6 Å². The van der Waals surface area contributed by atoms with Crippen LogP contribution in [0.2, 0.25) is 0 Å². The first-order valence-corrected chi connectivity index (χ1v) is 5.45. The molecule has 0 radical (unpaired) electrons. The molecule has 0 amide bonds. The maximum absolute atomic E-state index is 13.5. The van der Waals surface area contributed by atoms with Gasteiger partial charge in [0.1, 0.15) is 0 Å². The lowest BCUT2D eigenvalue weighted by molar-refractivity contribution is 0.0977. The van der Waals surface area contributed by atoms with Crippen LogP contribution in [0.3, 0.4) is 0 Å². The van der Waals surface area contributed by atoms with Gasteiger partial charge in [0.05, 0.1) is 12.1 Å². The van der Waals surface area contributed by atoms with Crippen LogP contribution >= 0.6 is 0 Å². The molecule has 1 rings (SSSR count). The summed E-state index contributed by atoms with van der Waals surface area (Å²) in [6, 6.07) is 2.73. The fraction of sp³-hybridized carbons (Fsp3) is 0.462. The van der Waals surface area contributed by atoms with Gasteiger partial charge in [-0.3, -0.25) is 4.79 Å². The lowest BCUT2D eigenvalue weighted by Gasteiger charge is -2.20. The SMILES string of the molecule is Cc1ccc(C(=O)CNC(C)(C)C)c(F)c1F. The average Bonchev–Trinajstić information content (AvgIpc) is 2.22. The predicted molar refractivity (Wildman–Crippen MR) is 63.2 cm³/mol. The van der Waals surface area contributed by atoms with Crippen molar-refractivity contribution in [1.82, 2.24) is 5.32 Å². The Hall–Kier alpha value is -1.29. The number of hydrogen-bond acceptors (Lipinski definition) is 2. The monoisotopic (exact) mass is 241 g/mol. The predicted octanol–water partition coefficient (Wildman–Crippen LogP) is 2.84. The third-order valence-electron chi connectivity index (χ3n) is 2.36. The van der Waals surface area contributed by atoms with E-state index in [0.717, 1.165) is 0 Å². The van der Waals surface area contributed by atoms with E-state index < -0.39 is 17.4 Å². The summed E-state index contributed by atoms with van der Waals surface area (Å²) in [7, 11) is 0. The molecule has 0 saturated carbocycles. The van der Waals surface area contributed by atoms with Gasteiger partial charge in [0.15, 0.2) is 17.4 Å². The van der Waals surface area contributed by atoms with Crippen LogP contribution in [0.4, 0.5) is 8.78 Å². The largest absolute Gasteiger partial charge is 0.305 e. The van der Waals surface area contributed by atoms with Crippen molar-refractivity contribution in [3.05, 3.63) is 34.9 Å². The Kier molecular flexibility index (Phi) is 3.98. The molecule has 4 heteroatoms. The van der Waals surface area contributed by atoms with Gasteiger partial charge in [0.25, 0.3) is 0 Å². The molecule has 0 fully saturated rings. The van der Waals surface area contributed by atoms with E-state index in [9.17, 15) is 13.6 Å². The minimum atomic E-state index is -1.06. The first-order chi connectivity index (χ1) is 7.72. The van der Waals surface area contributed by atoms with Crippen molar-refractivity contribution in [2.24, 2.45) is 0 Å². The maximum Gasteiger partial charge on any atom is 0.179 e. The van der Waals surface area contributed by atoms with Crippen LogP contribution < -0.4 is 5.32 Å². The Morgan fingerprint density at radius 2 is 1.82 bits per heavy atom. The van der Waals surface area contributed by atoms with E-state index in [4.69, 9.17) is 0 Å². The van der Waals surface area contributed by atoms with Gasteiger partial charge in [-0.15, -0.1) is 0 Å². The molecule has 0 heterocycles. The molecular weight excluding hydrogens is 224 g/mol. The quantitative estimate of drug-likeness (QED) is 0.824. The number of rotatable bonds is 3. The topological polar surface area (TPSA) is 29.1 Å². The molecular formula is C13H17F2NO. The first-order valence-electron chi connectivity index (χ1n) is 5.45. The Balaban J connectivity index is 2.87. The molecule has 0 atom stereocenters. The van der Waals surface area contributed by atoms with Crippen molar-refractivity contribution < 1.29 is 13.6 Å². The molecule has 0 unspecified atom stereocenters. The second-order valence-electron chi connectivity index (χ2n) is 5.08. The molecule has 1 aromatic rings. The minimum absolute atomic E-state index is 0.0110. The van der Waals surface area contributed by atoms with E-state index in [1.54, 1.807) is 0 Å². The zero-order valence-electron chi connectivity index (χ0n) is 10.5. The standard InChI is InChI=1S/C13H17F2NO/c1-8-5-6-9(12(15)11(8)14)10(17)7-16-13(2,3)4/h5-6,16H,7H2,1-4H3. The number of nitrogens with one attached hydrogen (secondary N) is 1. The molecule has 0 saturated heterocycles. The van der Waals surface area contributed by atoms with Crippen LogP contribution in [0.25, 0.3) is 0 Å². The van der Waals surface area contributed by atoms with Crippen molar-refractivity contribution in [1.29, 1.82) is 0 Å². The van der Waals surface area contributed by atoms with Crippen LogP contribution in [-0.4, -0.2) is 17.9 Å². The third-order valence-corrected chi connectivity index (χ3v) is 2.36. The number of halogens is 2. The summed E-state index contributed by atoms with van der Waals surface area (Å²) < 4.78 is 26.8. The highest BCUT2D eigenvalue weighted by Crippen LogP contribution is 2.16. The number of carbonyl (C=O) groups excluding carboxylic acids is 1. The van der Waals surface area contributed by atoms with E-state index in [2.05, 4.69) is 5.32 Å². The van der Waals surface area contributed by atoms with E-state index >= 15 is 0 Å². The summed E-state index contributed by atoms with van der Waals surface area (Å²) in [6.07, 6.45) is 0. The molecule has 94 valence electrons. The molecule has 0 aromatic heterocycles. The first kappa shape index (κ1) is 13.8. The van der Waals surface area contributed by atoms with E-state index in [-0.39, 0.29) is 23.2 Å². The Morgan fingerprint density at radius 3 is 2.35 bits per heavy atom. The van der Waals surface area contributed by atoms with Gasteiger partial charge < -0.3 is 5.32 Å². The summed E-state index contributed by atoms with van der Waals surface area (Å²) in [5.41, 5.74) is -0.247. The summed E-state index contributed by atoms with van der Waals surface area (Å²) in [5.74, 6) is -2.46. The zero-order chi connectivity index (χ0) is 13.2. The average molecular weight is 241 g/mol. The van der Waals surface area contributed by atoms with Crippen molar-refractivity contribution in [3.8, 4) is 0 Å². The number of carbonyl (C=O) groups is 1. The number of hydrogen-bond donors (Lipinski definition) is 1. The van der Waals surface area contributed by atoms with E-state index in [1.165, 1.54) is 19.1 Å². The van der Waals surface area contributed by atoms with Gasteiger partial charge in [0, 0.05) is 5.54 Å². The van der Waals surface area contributed by atoms with Gasteiger partial charge in [-0.05, 0) is 39.3 Å². The number of benzene rings is 1. The summed E-state index contributed by atoms with van der Waals surface area (Å²) >= 11 is 0. The highest BCUT2D eigenvalue weighted by atomic mass is 19.2. The Labute approximate surface area is 100 Å². The molecule has 2 nitrogen and oxygen atoms in total. The summed E-state index contributed by atoms with van der Waals surface area (Å²) in [4.78, 5) is 11.7. The second-order valence-corrected chi connectivity index (χ2v) is 5.08. The van der Waals surface area contributed by atoms with E-state index in [0.29, 0.717) is 0 Å². The molecule has 0 spiro atoms. The molecule has 0 aliphatic rings. The number of Topliss-reactive ketones (excluding diaryl/α,β-unsaturated/α-hetero) is 1. The highest BCUT2D eigenvalue weighted by molar-refractivity contribution is 5.98. The van der Waals surface area contributed by atoms with E-state index in [1.807, 2.05) is 20.8 Å². The van der Waals surface area contributed by atoms with Crippen LogP contribution in [-0.2, 0) is 0 Å². The smallest absolute Gasteiger partial charge is 0.179 e. The lowest BCUT2D eigenvalue weighted by atomic mass is 10.0. The normalized spacial score (nSPS) is 11.6. The van der Waals surface area contributed by atoms with Crippen molar-refractivity contribution in [3.63, 3.8) is 0 Å². The Bertz CT molecular complexity index is 436. The van der Waals surface area contributed by atoms with Gasteiger partial charge in [-0.2, -0.15) is 0 Å². The van der Waals surface area contributed by atoms with Crippen LogP contribution in [0.15, 0.2) is 12.1 Å². The Morgan fingerprint density at radius 1 is 1.24 bits per heavy atom. The molecule has 0 aliphatic carbocycles. The zero-order valence-corrected chi connectivity index (χ0v) is 10.5. The minimum Gasteiger partial charge on any atom is -0.305 e. The fourth-order valence-electron chi connectivity index (χ4n) is 1.30. The van der Waals surface area contributed by atoms with Crippen molar-refractivity contribution >= 4 is 5.78 Å². The third kappa shape index (κ3) is 3.60. The van der Waals surface area contributed by atoms with Gasteiger partial charge in [-0.1, -0.05) is 6.07 Å². The second kappa shape index (κ2) is 4.92.